The highest BCUT2D eigenvalue weighted by molar-refractivity contribution is 9.10. The summed E-state index contributed by atoms with van der Waals surface area (Å²) in [7, 11) is 1.58. The first kappa shape index (κ1) is 25.8. The minimum absolute atomic E-state index is 0.150. The number of hydrogen-bond acceptors (Lipinski definition) is 6. The normalized spacial score (nSPS) is 15.2. The summed E-state index contributed by atoms with van der Waals surface area (Å²) in [5.41, 5.74) is 2.38. The Morgan fingerprint density at radius 3 is 2.53 bits per heavy atom. The molecule has 2 heterocycles. The Morgan fingerprint density at radius 2 is 1.87 bits per heavy atom. The third-order valence-corrected chi connectivity index (χ3v) is 7.64. The Bertz CT molecular complexity index is 1730. The average molecular weight is 593 g/mol. The van der Waals surface area contributed by atoms with Gasteiger partial charge in [0.25, 0.3) is 5.56 Å². The Balaban J connectivity index is 1.80. The Hall–Kier alpha value is -3.82. The Morgan fingerprint density at radius 1 is 1.13 bits per heavy atom. The van der Waals surface area contributed by atoms with Crippen LogP contribution in [0.15, 0.2) is 92.6 Å². The molecule has 0 unspecified atom stereocenters. The van der Waals surface area contributed by atoms with E-state index in [0.717, 1.165) is 10.0 Å². The first-order chi connectivity index (χ1) is 18.4. The van der Waals surface area contributed by atoms with Crippen LogP contribution in [-0.4, -0.2) is 24.3 Å². The number of carbonyl (C=O) groups is 1. The number of fused-ring (bicyclic) bond motifs is 1. The summed E-state index contributed by atoms with van der Waals surface area (Å²) in [5, 5.41) is 0. The highest BCUT2D eigenvalue weighted by Gasteiger charge is 2.35. The predicted octanol–water partition coefficient (Wildman–Crippen LogP) is 4.85. The van der Waals surface area contributed by atoms with Crippen LogP contribution in [0, 0.1) is 5.82 Å². The summed E-state index contributed by atoms with van der Waals surface area (Å²) >= 11 is 4.70. The molecule has 3 aromatic carbocycles. The number of ether oxygens (including phenoxy) is 2. The summed E-state index contributed by atoms with van der Waals surface area (Å²) in [6.07, 6.45) is 1.77. The first-order valence-corrected chi connectivity index (χ1v) is 13.4. The van der Waals surface area contributed by atoms with Crippen LogP contribution >= 0.6 is 27.3 Å². The summed E-state index contributed by atoms with van der Waals surface area (Å²) < 4.78 is 27.3. The first-order valence-electron chi connectivity index (χ1n) is 11.8. The molecule has 0 aliphatic carbocycles. The van der Waals surface area contributed by atoms with Gasteiger partial charge in [0.15, 0.2) is 4.80 Å². The molecule has 0 spiro atoms. The fourth-order valence-electron chi connectivity index (χ4n) is 4.32. The molecular weight excluding hydrogens is 571 g/mol. The second-order valence-electron chi connectivity index (χ2n) is 8.38. The zero-order valence-corrected chi connectivity index (χ0v) is 22.9. The molecule has 192 valence electrons. The molecule has 0 radical (unpaired) electrons. The third-order valence-electron chi connectivity index (χ3n) is 6.03. The summed E-state index contributed by atoms with van der Waals surface area (Å²) in [5.74, 6) is -0.333. The highest BCUT2D eigenvalue weighted by atomic mass is 79.9. The van der Waals surface area contributed by atoms with Crippen LogP contribution < -0.4 is 19.6 Å². The van der Waals surface area contributed by atoms with Crippen molar-refractivity contribution in [3.8, 4) is 5.75 Å². The van der Waals surface area contributed by atoms with E-state index in [1.165, 1.54) is 28.0 Å². The van der Waals surface area contributed by atoms with Crippen molar-refractivity contribution in [1.82, 2.24) is 4.57 Å². The van der Waals surface area contributed by atoms with E-state index in [4.69, 9.17) is 14.5 Å². The van der Waals surface area contributed by atoms with Gasteiger partial charge in [-0.05, 0) is 64.3 Å². The predicted molar refractivity (Wildman–Crippen MR) is 148 cm³/mol. The number of thiazole rings is 1. The summed E-state index contributed by atoms with van der Waals surface area (Å²) in [6.45, 7) is 1.87. The largest absolute Gasteiger partial charge is 0.496 e. The number of methoxy groups -OCH3 is 1. The molecule has 1 aromatic heterocycles. The molecule has 0 amide bonds. The van der Waals surface area contributed by atoms with Gasteiger partial charge in [-0.3, -0.25) is 9.36 Å². The molecule has 0 saturated carbocycles. The van der Waals surface area contributed by atoms with Crippen molar-refractivity contribution in [3.63, 3.8) is 0 Å². The smallest absolute Gasteiger partial charge is 0.338 e. The van der Waals surface area contributed by atoms with Gasteiger partial charge in [-0.25, -0.2) is 14.2 Å². The van der Waals surface area contributed by atoms with Gasteiger partial charge in [-0.1, -0.05) is 59.9 Å². The molecule has 9 heteroatoms. The van der Waals surface area contributed by atoms with E-state index < -0.39 is 17.8 Å². The minimum Gasteiger partial charge on any atom is -0.496 e. The van der Waals surface area contributed by atoms with Crippen LogP contribution in [0.5, 0.6) is 5.75 Å². The molecule has 1 aliphatic heterocycles. The van der Waals surface area contributed by atoms with E-state index in [2.05, 4.69) is 15.9 Å². The molecule has 1 aliphatic rings. The monoisotopic (exact) mass is 592 g/mol. The van der Waals surface area contributed by atoms with Gasteiger partial charge < -0.3 is 9.47 Å². The quantitative estimate of drug-likeness (QED) is 0.300. The highest BCUT2D eigenvalue weighted by Crippen LogP contribution is 2.35. The molecule has 6 nitrogen and oxygen atoms in total. The van der Waals surface area contributed by atoms with Crippen LogP contribution in [-0.2, 0) is 9.53 Å². The minimum atomic E-state index is -0.856. The van der Waals surface area contributed by atoms with Crippen molar-refractivity contribution >= 4 is 45.0 Å². The summed E-state index contributed by atoms with van der Waals surface area (Å²) in [4.78, 5) is 32.5. The SMILES string of the molecule is CCOC(=O)C1=C(c2ccccc2)N=c2s/c(=C\c3ccc(OC)c(Br)c3)c(=O)n2[C@@H]1c1ccc(F)cc1. The topological polar surface area (TPSA) is 69.9 Å². The molecule has 0 fully saturated rings. The third kappa shape index (κ3) is 4.87. The second-order valence-corrected chi connectivity index (χ2v) is 10.2. The van der Waals surface area contributed by atoms with Gasteiger partial charge in [0, 0.05) is 5.56 Å². The molecule has 0 N–H and O–H groups in total. The molecule has 4 aromatic rings. The number of carbonyl (C=O) groups excluding carboxylic acids is 1. The van der Waals surface area contributed by atoms with Gasteiger partial charge in [0.1, 0.15) is 11.6 Å². The fraction of sp³-hybridized carbons (Fsp3) is 0.138. The van der Waals surface area contributed by atoms with Gasteiger partial charge >= 0.3 is 5.97 Å². The van der Waals surface area contributed by atoms with Crippen molar-refractivity contribution in [2.45, 2.75) is 13.0 Å². The molecule has 0 bridgehead atoms. The maximum atomic E-state index is 13.9. The lowest BCUT2D eigenvalue weighted by Gasteiger charge is -2.25. The molecular formula is C29H22BrFN2O4S. The molecule has 0 saturated heterocycles. The number of benzene rings is 3. The number of esters is 1. The number of nitrogens with zero attached hydrogens (tertiary/aromatic N) is 2. The van der Waals surface area contributed by atoms with Crippen LogP contribution in [0.2, 0.25) is 0 Å². The van der Waals surface area contributed by atoms with Crippen LogP contribution in [0.1, 0.15) is 29.7 Å². The second kappa shape index (κ2) is 10.9. The average Bonchev–Trinajstić information content (AvgIpc) is 3.23. The Kier molecular flexibility index (Phi) is 7.40. The van der Waals surface area contributed by atoms with E-state index >= 15 is 0 Å². The zero-order valence-electron chi connectivity index (χ0n) is 20.5. The lowest BCUT2D eigenvalue weighted by atomic mass is 9.93. The molecule has 5 rings (SSSR count). The van der Waals surface area contributed by atoms with Crippen molar-refractivity contribution in [2.24, 2.45) is 4.99 Å². The lowest BCUT2D eigenvalue weighted by molar-refractivity contribution is -0.138. The molecule has 38 heavy (non-hydrogen) atoms. The van der Waals surface area contributed by atoms with E-state index in [1.807, 2.05) is 42.5 Å². The van der Waals surface area contributed by atoms with E-state index in [-0.39, 0.29) is 17.7 Å². The van der Waals surface area contributed by atoms with Crippen molar-refractivity contribution in [1.29, 1.82) is 0 Å². The number of hydrogen-bond donors (Lipinski definition) is 0. The lowest BCUT2D eigenvalue weighted by Crippen LogP contribution is -2.40. The van der Waals surface area contributed by atoms with Gasteiger partial charge in [0.05, 0.1) is 40.0 Å². The van der Waals surface area contributed by atoms with E-state index in [1.54, 1.807) is 38.3 Å². The zero-order chi connectivity index (χ0) is 26.8. The number of aromatic nitrogens is 1. The van der Waals surface area contributed by atoms with Gasteiger partial charge in [0.2, 0.25) is 0 Å². The number of rotatable bonds is 6. The van der Waals surface area contributed by atoms with Crippen molar-refractivity contribution in [3.05, 3.63) is 125 Å². The fourth-order valence-corrected chi connectivity index (χ4v) is 5.88. The van der Waals surface area contributed by atoms with E-state index in [9.17, 15) is 14.0 Å². The molecule has 1 atom stereocenters. The maximum Gasteiger partial charge on any atom is 0.338 e. The van der Waals surface area contributed by atoms with Crippen LogP contribution in [0.4, 0.5) is 4.39 Å². The Labute approximate surface area is 230 Å². The van der Waals surface area contributed by atoms with Gasteiger partial charge in [-0.2, -0.15) is 0 Å². The van der Waals surface area contributed by atoms with E-state index in [0.29, 0.717) is 31.9 Å². The van der Waals surface area contributed by atoms with Crippen molar-refractivity contribution in [2.75, 3.05) is 13.7 Å². The maximum absolute atomic E-state index is 13.9. The van der Waals surface area contributed by atoms with Gasteiger partial charge in [-0.15, -0.1) is 0 Å². The van der Waals surface area contributed by atoms with Crippen LogP contribution in [0.25, 0.3) is 11.8 Å². The van der Waals surface area contributed by atoms with Crippen LogP contribution in [0.3, 0.4) is 0 Å². The summed E-state index contributed by atoms with van der Waals surface area (Å²) in [6, 6.07) is 19.7. The van der Waals surface area contributed by atoms with Crippen molar-refractivity contribution < 1.29 is 18.7 Å². The number of halogens is 2. The standard InChI is InChI=1S/C29H22BrFN2O4S/c1-3-37-28(35)24-25(18-7-5-4-6-8-18)32-29-33(26(24)19-10-12-20(31)13-11-19)27(34)23(38-29)16-17-9-14-22(36-2)21(30)15-17/h4-16,26H,3H2,1-2H3/b23-16-/t26-/m1/s1.